The van der Waals surface area contributed by atoms with Crippen LogP contribution < -0.4 is 5.32 Å². The van der Waals surface area contributed by atoms with Gasteiger partial charge < -0.3 is 4.90 Å². The van der Waals surface area contributed by atoms with Crippen LogP contribution in [0.4, 0.5) is 0 Å². The molecule has 0 bridgehead atoms. The van der Waals surface area contributed by atoms with Crippen LogP contribution in [0, 0.1) is 0 Å². The van der Waals surface area contributed by atoms with Crippen LogP contribution in [0.2, 0.25) is 0 Å². The number of thiocarbonyl (C=S) groups is 1. The van der Waals surface area contributed by atoms with Crippen molar-refractivity contribution in [3.63, 3.8) is 0 Å². The standard InChI is InChI=1S/C14H18N2OS2/c17-13(8-7-12-6-5-11-19-12)15-14(18)16-9-3-1-2-4-10-16/h5-8,11H,1-4,9-10H2,(H,15,17,18)/b8-7+. The van der Waals surface area contributed by atoms with Crippen molar-refractivity contribution >= 4 is 40.7 Å². The fourth-order valence-electron chi connectivity index (χ4n) is 2.04. The first-order chi connectivity index (χ1) is 9.25. The number of nitrogens with zero attached hydrogens (tertiary/aromatic N) is 1. The lowest BCUT2D eigenvalue weighted by Crippen LogP contribution is -2.42. The lowest BCUT2D eigenvalue weighted by atomic mass is 10.2. The van der Waals surface area contributed by atoms with E-state index in [2.05, 4.69) is 10.2 Å². The Morgan fingerprint density at radius 2 is 2.05 bits per heavy atom. The molecule has 19 heavy (non-hydrogen) atoms. The number of thiophene rings is 1. The van der Waals surface area contributed by atoms with Crippen LogP contribution >= 0.6 is 23.6 Å². The molecule has 1 fully saturated rings. The SMILES string of the molecule is O=C(/C=C/c1cccs1)NC(=S)N1CCCCCC1. The molecule has 0 unspecified atom stereocenters. The van der Waals surface area contributed by atoms with E-state index in [-0.39, 0.29) is 5.91 Å². The van der Waals surface area contributed by atoms with Gasteiger partial charge in [0.15, 0.2) is 5.11 Å². The maximum atomic E-state index is 11.8. The second-order valence-corrected chi connectivity index (χ2v) is 5.91. The van der Waals surface area contributed by atoms with E-state index in [0.29, 0.717) is 5.11 Å². The van der Waals surface area contributed by atoms with Crippen molar-refractivity contribution in [3.05, 3.63) is 28.5 Å². The van der Waals surface area contributed by atoms with Crippen LogP contribution in [0.15, 0.2) is 23.6 Å². The summed E-state index contributed by atoms with van der Waals surface area (Å²) in [6, 6.07) is 3.94. The van der Waals surface area contributed by atoms with Gasteiger partial charge in [-0.1, -0.05) is 18.9 Å². The molecule has 0 spiro atoms. The Morgan fingerprint density at radius 3 is 2.68 bits per heavy atom. The molecule has 1 aliphatic heterocycles. The normalized spacial score (nSPS) is 16.3. The largest absolute Gasteiger partial charge is 0.349 e. The maximum absolute atomic E-state index is 11.8. The summed E-state index contributed by atoms with van der Waals surface area (Å²) in [6.45, 7) is 1.90. The number of carbonyl (C=O) groups is 1. The summed E-state index contributed by atoms with van der Waals surface area (Å²) in [6.07, 6.45) is 8.17. The topological polar surface area (TPSA) is 32.3 Å². The molecule has 0 radical (unpaired) electrons. The second kappa shape index (κ2) is 7.40. The van der Waals surface area contributed by atoms with Gasteiger partial charge in [0.2, 0.25) is 5.91 Å². The molecule has 1 aromatic heterocycles. The van der Waals surface area contributed by atoms with Crippen molar-refractivity contribution in [1.29, 1.82) is 0 Å². The minimum Gasteiger partial charge on any atom is -0.349 e. The number of hydrogen-bond donors (Lipinski definition) is 1. The van der Waals surface area contributed by atoms with Gasteiger partial charge >= 0.3 is 0 Å². The van der Waals surface area contributed by atoms with Crippen molar-refractivity contribution in [3.8, 4) is 0 Å². The summed E-state index contributed by atoms with van der Waals surface area (Å²) in [7, 11) is 0. The summed E-state index contributed by atoms with van der Waals surface area (Å²) >= 11 is 6.89. The average molecular weight is 294 g/mol. The van der Waals surface area contributed by atoms with Crippen LogP contribution in [0.5, 0.6) is 0 Å². The molecule has 102 valence electrons. The van der Waals surface area contributed by atoms with Gasteiger partial charge in [0.25, 0.3) is 0 Å². The zero-order chi connectivity index (χ0) is 13.5. The van der Waals surface area contributed by atoms with Crippen molar-refractivity contribution in [1.82, 2.24) is 10.2 Å². The molecule has 1 aromatic rings. The highest BCUT2D eigenvalue weighted by Crippen LogP contribution is 2.11. The van der Waals surface area contributed by atoms with E-state index in [4.69, 9.17) is 12.2 Å². The molecular weight excluding hydrogens is 276 g/mol. The first-order valence-electron chi connectivity index (χ1n) is 6.57. The van der Waals surface area contributed by atoms with Crippen LogP contribution in [-0.2, 0) is 4.79 Å². The zero-order valence-electron chi connectivity index (χ0n) is 10.8. The number of carbonyl (C=O) groups excluding carboxylic acids is 1. The Morgan fingerprint density at radius 1 is 1.32 bits per heavy atom. The van der Waals surface area contributed by atoms with Gasteiger partial charge in [0.05, 0.1) is 0 Å². The van der Waals surface area contributed by atoms with Gasteiger partial charge in [-0.2, -0.15) is 0 Å². The first kappa shape index (κ1) is 14.2. The van der Waals surface area contributed by atoms with Crippen molar-refractivity contribution in [2.75, 3.05) is 13.1 Å². The van der Waals surface area contributed by atoms with Crippen LogP contribution in [0.1, 0.15) is 30.6 Å². The predicted octanol–water partition coefficient (Wildman–Crippen LogP) is 3.04. The van der Waals surface area contributed by atoms with Gasteiger partial charge in [-0.25, -0.2) is 0 Å². The quantitative estimate of drug-likeness (QED) is 0.672. The molecule has 0 aliphatic carbocycles. The molecule has 1 saturated heterocycles. The lowest BCUT2D eigenvalue weighted by molar-refractivity contribution is -0.115. The third-order valence-corrected chi connectivity index (χ3v) is 4.26. The summed E-state index contributed by atoms with van der Waals surface area (Å²) < 4.78 is 0. The summed E-state index contributed by atoms with van der Waals surface area (Å²) in [4.78, 5) is 14.9. The molecule has 2 heterocycles. The summed E-state index contributed by atoms with van der Waals surface area (Å²) in [5.41, 5.74) is 0. The third-order valence-electron chi connectivity index (χ3n) is 3.07. The maximum Gasteiger partial charge on any atom is 0.250 e. The Bertz CT molecular complexity index is 446. The second-order valence-electron chi connectivity index (χ2n) is 4.54. The molecule has 1 N–H and O–H groups in total. The highest BCUT2D eigenvalue weighted by atomic mass is 32.1. The van der Waals surface area contributed by atoms with Crippen LogP contribution in [-0.4, -0.2) is 29.0 Å². The van der Waals surface area contributed by atoms with Crippen molar-refractivity contribution in [2.45, 2.75) is 25.7 Å². The Hall–Kier alpha value is -1.20. The van der Waals surface area contributed by atoms with Crippen molar-refractivity contribution in [2.24, 2.45) is 0 Å². The highest BCUT2D eigenvalue weighted by Gasteiger charge is 2.13. The van der Waals surface area contributed by atoms with E-state index >= 15 is 0 Å². The molecule has 1 amide bonds. The smallest absolute Gasteiger partial charge is 0.250 e. The molecule has 5 heteroatoms. The number of nitrogens with one attached hydrogen (secondary N) is 1. The van der Waals surface area contributed by atoms with Gasteiger partial charge in [-0.15, -0.1) is 11.3 Å². The molecule has 2 rings (SSSR count). The molecular formula is C14H18N2OS2. The van der Waals surface area contributed by atoms with E-state index in [1.807, 2.05) is 23.6 Å². The minimum atomic E-state index is -0.150. The highest BCUT2D eigenvalue weighted by molar-refractivity contribution is 7.80. The molecule has 1 aliphatic rings. The van der Waals surface area contributed by atoms with Crippen LogP contribution in [0.25, 0.3) is 6.08 Å². The zero-order valence-corrected chi connectivity index (χ0v) is 12.4. The Labute approximate surface area is 123 Å². The van der Waals surface area contributed by atoms with E-state index in [1.54, 1.807) is 11.3 Å². The fraction of sp³-hybridized carbons (Fsp3) is 0.429. The molecule has 0 saturated carbocycles. The minimum absolute atomic E-state index is 0.150. The lowest BCUT2D eigenvalue weighted by Gasteiger charge is -2.22. The predicted molar refractivity (Wildman–Crippen MR) is 84.1 cm³/mol. The first-order valence-corrected chi connectivity index (χ1v) is 7.86. The van der Waals surface area contributed by atoms with Gasteiger partial charge in [-0.3, -0.25) is 10.1 Å². The van der Waals surface area contributed by atoms with Gasteiger partial charge in [-0.05, 0) is 42.6 Å². The van der Waals surface area contributed by atoms with E-state index in [9.17, 15) is 4.79 Å². The molecule has 3 nitrogen and oxygen atoms in total. The number of amides is 1. The van der Waals surface area contributed by atoms with Gasteiger partial charge in [0, 0.05) is 24.0 Å². The average Bonchev–Trinajstić information content (AvgIpc) is 2.76. The van der Waals surface area contributed by atoms with E-state index < -0.39 is 0 Å². The molecule has 0 atom stereocenters. The Balaban J connectivity index is 1.82. The van der Waals surface area contributed by atoms with E-state index in [1.165, 1.54) is 18.9 Å². The number of likely N-dealkylation sites (tertiary alicyclic amines) is 1. The summed E-state index contributed by atoms with van der Waals surface area (Å²) in [5.74, 6) is -0.150. The van der Waals surface area contributed by atoms with E-state index in [0.717, 1.165) is 30.8 Å². The third kappa shape index (κ3) is 4.76. The van der Waals surface area contributed by atoms with Crippen molar-refractivity contribution < 1.29 is 4.79 Å². The number of hydrogen-bond acceptors (Lipinski definition) is 3. The fourth-order valence-corrected chi connectivity index (χ4v) is 2.94. The summed E-state index contributed by atoms with van der Waals surface area (Å²) in [5, 5.41) is 5.32. The monoisotopic (exact) mass is 294 g/mol. The molecule has 0 aromatic carbocycles. The Kier molecular flexibility index (Phi) is 5.54. The van der Waals surface area contributed by atoms with Crippen LogP contribution in [0.3, 0.4) is 0 Å². The van der Waals surface area contributed by atoms with Gasteiger partial charge in [0.1, 0.15) is 0 Å². The number of rotatable bonds is 2.